The van der Waals surface area contributed by atoms with Crippen molar-refractivity contribution in [1.82, 2.24) is 0 Å². The number of nitriles is 1. The SMILES string of the molecule is N#CC1CCC(CI)O1. The van der Waals surface area contributed by atoms with Gasteiger partial charge >= 0.3 is 0 Å². The Morgan fingerprint density at radius 3 is 2.78 bits per heavy atom. The minimum Gasteiger partial charge on any atom is -0.359 e. The van der Waals surface area contributed by atoms with Crippen LogP contribution >= 0.6 is 22.6 Å². The first-order valence-electron chi connectivity index (χ1n) is 2.98. The maximum absolute atomic E-state index is 8.40. The lowest BCUT2D eigenvalue weighted by Gasteiger charge is -2.03. The number of ether oxygens (including phenoxy) is 1. The molecule has 0 N–H and O–H groups in total. The van der Waals surface area contributed by atoms with Gasteiger partial charge in [0.1, 0.15) is 6.10 Å². The third-order valence-electron chi connectivity index (χ3n) is 1.42. The second-order valence-electron chi connectivity index (χ2n) is 2.11. The van der Waals surface area contributed by atoms with Crippen LogP contribution in [0.15, 0.2) is 0 Å². The van der Waals surface area contributed by atoms with E-state index < -0.39 is 0 Å². The lowest BCUT2D eigenvalue weighted by atomic mass is 10.2. The summed E-state index contributed by atoms with van der Waals surface area (Å²) in [4.78, 5) is 0. The van der Waals surface area contributed by atoms with Gasteiger partial charge in [0.05, 0.1) is 12.2 Å². The van der Waals surface area contributed by atoms with Crippen LogP contribution in [0.5, 0.6) is 0 Å². The molecule has 1 heterocycles. The summed E-state index contributed by atoms with van der Waals surface area (Å²) in [5.74, 6) is 0. The van der Waals surface area contributed by atoms with Crippen LogP contribution in [0, 0.1) is 11.3 Å². The van der Waals surface area contributed by atoms with Gasteiger partial charge in [-0.05, 0) is 12.8 Å². The van der Waals surface area contributed by atoms with Crippen molar-refractivity contribution in [3.8, 4) is 6.07 Å². The van der Waals surface area contributed by atoms with Gasteiger partial charge in [-0.1, -0.05) is 22.6 Å². The Morgan fingerprint density at radius 1 is 1.67 bits per heavy atom. The zero-order valence-corrected chi connectivity index (χ0v) is 7.17. The molecule has 2 atom stereocenters. The molecule has 50 valence electrons. The first-order valence-corrected chi connectivity index (χ1v) is 4.50. The molecule has 0 spiro atoms. The van der Waals surface area contributed by atoms with Crippen LogP contribution in [0.25, 0.3) is 0 Å². The Hall–Kier alpha value is 0.180. The molecule has 2 unspecified atom stereocenters. The fourth-order valence-electron chi connectivity index (χ4n) is 0.914. The number of halogens is 1. The third-order valence-corrected chi connectivity index (χ3v) is 2.41. The summed E-state index contributed by atoms with van der Waals surface area (Å²) in [7, 11) is 0. The van der Waals surface area contributed by atoms with E-state index in [0.717, 1.165) is 17.3 Å². The highest BCUT2D eigenvalue weighted by Gasteiger charge is 2.23. The number of hydrogen-bond acceptors (Lipinski definition) is 2. The average Bonchev–Trinajstić information content (AvgIpc) is 2.34. The van der Waals surface area contributed by atoms with Gasteiger partial charge in [0.2, 0.25) is 0 Å². The van der Waals surface area contributed by atoms with Crippen LogP contribution in [0.3, 0.4) is 0 Å². The molecule has 1 aliphatic heterocycles. The van der Waals surface area contributed by atoms with Gasteiger partial charge in [-0.25, -0.2) is 0 Å². The summed E-state index contributed by atoms with van der Waals surface area (Å²) in [6, 6.07) is 2.10. The van der Waals surface area contributed by atoms with Gasteiger partial charge < -0.3 is 4.74 Å². The lowest BCUT2D eigenvalue weighted by Crippen LogP contribution is -2.09. The van der Waals surface area contributed by atoms with Crippen molar-refractivity contribution in [2.24, 2.45) is 0 Å². The van der Waals surface area contributed by atoms with Crippen molar-refractivity contribution in [1.29, 1.82) is 5.26 Å². The molecule has 0 aromatic heterocycles. The summed E-state index contributed by atoms with van der Waals surface area (Å²) in [6.45, 7) is 0. The first kappa shape index (κ1) is 7.29. The monoisotopic (exact) mass is 237 g/mol. The largest absolute Gasteiger partial charge is 0.359 e. The van der Waals surface area contributed by atoms with Gasteiger partial charge in [0, 0.05) is 4.43 Å². The molecule has 1 fully saturated rings. The van der Waals surface area contributed by atoms with Gasteiger partial charge in [-0.15, -0.1) is 0 Å². The maximum atomic E-state index is 8.40. The second kappa shape index (κ2) is 3.37. The third kappa shape index (κ3) is 1.80. The molecule has 3 heteroatoms. The van der Waals surface area contributed by atoms with E-state index in [-0.39, 0.29) is 6.10 Å². The molecule has 0 saturated carbocycles. The number of hydrogen-bond donors (Lipinski definition) is 0. The van der Waals surface area contributed by atoms with Crippen LogP contribution in [-0.4, -0.2) is 16.6 Å². The van der Waals surface area contributed by atoms with Gasteiger partial charge in [0.15, 0.2) is 0 Å². The standard InChI is InChI=1S/C6H8INO/c7-3-5-1-2-6(4-8)9-5/h5-6H,1-3H2. The Bertz CT molecular complexity index is 132. The van der Waals surface area contributed by atoms with Gasteiger partial charge in [0.25, 0.3) is 0 Å². The first-order chi connectivity index (χ1) is 4.36. The highest BCUT2D eigenvalue weighted by atomic mass is 127. The molecule has 0 aliphatic carbocycles. The molecule has 1 rings (SSSR count). The zero-order valence-electron chi connectivity index (χ0n) is 5.01. The Labute approximate surface area is 68.3 Å². The molecule has 1 aliphatic rings. The molecule has 9 heavy (non-hydrogen) atoms. The fraction of sp³-hybridized carbons (Fsp3) is 0.833. The van der Waals surface area contributed by atoms with E-state index in [1.165, 1.54) is 0 Å². The summed E-state index contributed by atoms with van der Waals surface area (Å²) in [5, 5.41) is 8.40. The van der Waals surface area contributed by atoms with Crippen LogP contribution in [0.4, 0.5) is 0 Å². The molecular formula is C6H8INO. The summed E-state index contributed by atoms with van der Waals surface area (Å²) >= 11 is 2.28. The van der Waals surface area contributed by atoms with E-state index in [9.17, 15) is 0 Å². The predicted octanol–water partition coefficient (Wildman–Crippen LogP) is 1.49. The molecule has 2 nitrogen and oxygen atoms in total. The van der Waals surface area contributed by atoms with Gasteiger partial charge in [-0.3, -0.25) is 0 Å². The van der Waals surface area contributed by atoms with Crippen molar-refractivity contribution in [3.63, 3.8) is 0 Å². The summed E-state index contributed by atoms with van der Waals surface area (Å²) in [6.07, 6.45) is 2.20. The van der Waals surface area contributed by atoms with Crippen molar-refractivity contribution >= 4 is 22.6 Å². The van der Waals surface area contributed by atoms with Crippen LogP contribution in [-0.2, 0) is 4.74 Å². The van der Waals surface area contributed by atoms with E-state index in [0.29, 0.717) is 6.10 Å². The molecule has 0 bridgehead atoms. The highest BCUT2D eigenvalue weighted by molar-refractivity contribution is 14.1. The van der Waals surface area contributed by atoms with E-state index in [2.05, 4.69) is 28.7 Å². The highest BCUT2D eigenvalue weighted by Crippen LogP contribution is 2.20. The topological polar surface area (TPSA) is 33.0 Å². The van der Waals surface area contributed by atoms with E-state index in [1.807, 2.05) is 0 Å². The molecule has 0 aromatic rings. The van der Waals surface area contributed by atoms with Crippen molar-refractivity contribution in [3.05, 3.63) is 0 Å². The lowest BCUT2D eigenvalue weighted by molar-refractivity contribution is 0.0921. The zero-order chi connectivity index (χ0) is 6.69. The van der Waals surface area contributed by atoms with Crippen molar-refractivity contribution in [2.45, 2.75) is 25.0 Å². The fourth-order valence-corrected chi connectivity index (χ4v) is 1.56. The van der Waals surface area contributed by atoms with Crippen LogP contribution < -0.4 is 0 Å². The minimum absolute atomic E-state index is 0.121. The number of rotatable bonds is 1. The van der Waals surface area contributed by atoms with Gasteiger partial charge in [-0.2, -0.15) is 5.26 Å². The van der Waals surface area contributed by atoms with Crippen LogP contribution in [0.2, 0.25) is 0 Å². The maximum Gasteiger partial charge on any atom is 0.144 e. The minimum atomic E-state index is -0.121. The molecule has 0 radical (unpaired) electrons. The van der Waals surface area contributed by atoms with E-state index in [1.54, 1.807) is 0 Å². The Kier molecular flexibility index (Phi) is 2.73. The molecule has 0 aromatic carbocycles. The predicted molar refractivity (Wildman–Crippen MR) is 42.4 cm³/mol. The Balaban J connectivity index is 2.31. The molecule has 1 saturated heterocycles. The number of alkyl halides is 1. The number of nitrogens with zero attached hydrogens (tertiary/aromatic N) is 1. The van der Waals surface area contributed by atoms with Crippen molar-refractivity contribution in [2.75, 3.05) is 4.43 Å². The summed E-state index contributed by atoms with van der Waals surface area (Å²) in [5.41, 5.74) is 0. The normalized spacial score (nSPS) is 34.2. The van der Waals surface area contributed by atoms with E-state index >= 15 is 0 Å². The van der Waals surface area contributed by atoms with Crippen molar-refractivity contribution < 1.29 is 4.74 Å². The molecule has 0 amide bonds. The van der Waals surface area contributed by atoms with Crippen LogP contribution in [0.1, 0.15) is 12.8 Å². The Morgan fingerprint density at radius 2 is 2.44 bits per heavy atom. The smallest absolute Gasteiger partial charge is 0.144 e. The molecular weight excluding hydrogens is 229 g/mol. The van der Waals surface area contributed by atoms with E-state index in [4.69, 9.17) is 10.00 Å². The summed E-state index contributed by atoms with van der Waals surface area (Å²) < 4.78 is 6.30. The quantitative estimate of drug-likeness (QED) is 0.511. The average molecular weight is 237 g/mol. The second-order valence-corrected chi connectivity index (χ2v) is 2.99.